The quantitative estimate of drug-likeness (QED) is 0.562. The molecule has 0 spiro atoms. The summed E-state index contributed by atoms with van der Waals surface area (Å²) in [5.41, 5.74) is 3.77. The van der Waals surface area contributed by atoms with Crippen LogP contribution in [0.1, 0.15) is 36.6 Å². The second-order valence-electron chi connectivity index (χ2n) is 8.26. The van der Waals surface area contributed by atoms with Crippen LogP contribution < -0.4 is 15.6 Å². The number of fused-ring (bicyclic) bond motifs is 1. The third kappa shape index (κ3) is 5.14. The number of aromatic nitrogens is 3. The Labute approximate surface area is 187 Å². The van der Waals surface area contributed by atoms with Crippen molar-refractivity contribution < 1.29 is 9.13 Å². The van der Waals surface area contributed by atoms with Crippen LogP contribution in [0.15, 0.2) is 35.4 Å². The van der Waals surface area contributed by atoms with E-state index in [4.69, 9.17) is 4.74 Å². The van der Waals surface area contributed by atoms with E-state index in [9.17, 15) is 9.18 Å². The summed E-state index contributed by atoms with van der Waals surface area (Å²) in [5, 5.41) is 3.54. The summed E-state index contributed by atoms with van der Waals surface area (Å²) >= 11 is 0. The van der Waals surface area contributed by atoms with Crippen LogP contribution in [0.25, 0.3) is 11.0 Å². The molecule has 0 saturated carbocycles. The Morgan fingerprint density at radius 2 is 2.06 bits per heavy atom. The van der Waals surface area contributed by atoms with Crippen molar-refractivity contribution >= 4 is 11.0 Å². The van der Waals surface area contributed by atoms with Gasteiger partial charge in [0.1, 0.15) is 11.6 Å². The highest BCUT2D eigenvalue weighted by Crippen LogP contribution is 2.25. The second-order valence-corrected chi connectivity index (χ2v) is 8.26. The van der Waals surface area contributed by atoms with Crippen LogP contribution in [-0.2, 0) is 19.4 Å². The number of hydrogen-bond donors (Lipinski definition) is 2. The number of methoxy groups -OCH3 is 1. The number of rotatable bonds is 8. The summed E-state index contributed by atoms with van der Waals surface area (Å²) in [6.45, 7) is 5.39. The lowest BCUT2D eigenvalue weighted by Gasteiger charge is -2.32. The molecular weight excluding hydrogens is 409 g/mol. The highest BCUT2D eigenvalue weighted by molar-refractivity contribution is 5.79. The smallest absolute Gasteiger partial charge is 0.248 e. The lowest BCUT2D eigenvalue weighted by Crippen LogP contribution is -2.42. The maximum absolute atomic E-state index is 13.9. The molecule has 1 aliphatic rings. The minimum atomic E-state index is -0.220. The molecule has 0 amide bonds. The first-order valence-electron chi connectivity index (χ1n) is 11.2. The van der Waals surface area contributed by atoms with E-state index in [1.54, 1.807) is 31.6 Å². The van der Waals surface area contributed by atoms with Crippen molar-refractivity contribution in [3.63, 3.8) is 0 Å². The van der Waals surface area contributed by atoms with Gasteiger partial charge in [-0.2, -0.15) is 0 Å². The SMILES string of the molecule is CCc1ncc(CNC2CCN(CCc3c(OC)cnc4ccc(=O)[nH]c34)CC2)cc1F. The first-order chi connectivity index (χ1) is 15.6. The summed E-state index contributed by atoms with van der Waals surface area (Å²) in [6, 6.07) is 5.23. The van der Waals surface area contributed by atoms with Crippen LogP contribution in [0.5, 0.6) is 5.75 Å². The molecule has 2 N–H and O–H groups in total. The molecule has 8 heteroatoms. The molecule has 4 heterocycles. The molecule has 0 radical (unpaired) electrons. The van der Waals surface area contributed by atoms with Gasteiger partial charge in [-0.3, -0.25) is 14.8 Å². The fourth-order valence-electron chi connectivity index (χ4n) is 4.31. The summed E-state index contributed by atoms with van der Waals surface area (Å²) < 4.78 is 19.4. The van der Waals surface area contributed by atoms with Gasteiger partial charge in [0.25, 0.3) is 0 Å². The van der Waals surface area contributed by atoms with Crippen molar-refractivity contribution in [1.82, 2.24) is 25.2 Å². The Balaban J connectivity index is 1.31. The Hall–Kier alpha value is -2.84. The van der Waals surface area contributed by atoms with Gasteiger partial charge in [0.2, 0.25) is 5.56 Å². The molecule has 0 atom stereocenters. The molecule has 3 aromatic heterocycles. The van der Waals surface area contributed by atoms with Crippen molar-refractivity contribution in [1.29, 1.82) is 0 Å². The number of piperidine rings is 1. The minimum absolute atomic E-state index is 0.139. The van der Waals surface area contributed by atoms with Crippen molar-refractivity contribution in [3.05, 3.63) is 63.6 Å². The maximum Gasteiger partial charge on any atom is 0.248 e. The van der Waals surface area contributed by atoms with Gasteiger partial charge >= 0.3 is 0 Å². The number of H-pyrrole nitrogens is 1. The van der Waals surface area contributed by atoms with Crippen LogP contribution >= 0.6 is 0 Å². The molecule has 3 aromatic rings. The predicted molar refractivity (Wildman–Crippen MR) is 122 cm³/mol. The molecule has 0 aromatic carbocycles. The Bertz CT molecular complexity index is 1130. The minimum Gasteiger partial charge on any atom is -0.495 e. The van der Waals surface area contributed by atoms with Crippen molar-refractivity contribution in [2.45, 2.75) is 45.2 Å². The Morgan fingerprint density at radius 3 is 2.78 bits per heavy atom. The van der Waals surface area contributed by atoms with Gasteiger partial charge in [-0.05, 0) is 56.5 Å². The van der Waals surface area contributed by atoms with E-state index < -0.39 is 0 Å². The van der Waals surface area contributed by atoms with Gasteiger partial charge in [-0.25, -0.2) is 4.39 Å². The number of ether oxygens (including phenoxy) is 1. The van der Waals surface area contributed by atoms with Crippen LogP contribution in [0.2, 0.25) is 0 Å². The van der Waals surface area contributed by atoms with Gasteiger partial charge in [0.05, 0.1) is 30.0 Å². The number of aryl methyl sites for hydroxylation is 1. The summed E-state index contributed by atoms with van der Waals surface area (Å²) in [7, 11) is 1.63. The monoisotopic (exact) mass is 439 g/mol. The average molecular weight is 440 g/mol. The molecule has 7 nitrogen and oxygen atoms in total. The van der Waals surface area contributed by atoms with Crippen LogP contribution in [-0.4, -0.2) is 52.6 Å². The van der Waals surface area contributed by atoms with Gasteiger partial charge in [0, 0.05) is 37.0 Å². The van der Waals surface area contributed by atoms with Gasteiger partial charge in [-0.1, -0.05) is 6.92 Å². The number of hydrogen-bond acceptors (Lipinski definition) is 6. The zero-order chi connectivity index (χ0) is 22.5. The lowest BCUT2D eigenvalue weighted by molar-refractivity contribution is 0.199. The largest absolute Gasteiger partial charge is 0.495 e. The highest BCUT2D eigenvalue weighted by atomic mass is 19.1. The van der Waals surface area contributed by atoms with E-state index in [1.165, 1.54) is 6.07 Å². The first-order valence-corrected chi connectivity index (χ1v) is 11.2. The lowest BCUT2D eigenvalue weighted by atomic mass is 10.0. The second kappa shape index (κ2) is 10.2. The number of nitrogens with one attached hydrogen (secondary N) is 2. The van der Waals surface area contributed by atoms with Crippen molar-refractivity contribution in [2.75, 3.05) is 26.7 Å². The topological polar surface area (TPSA) is 83.1 Å². The molecule has 0 aliphatic carbocycles. The third-order valence-corrected chi connectivity index (χ3v) is 6.21. The summed E-state index contributed by atoms with van der Waals surface area (Å²) in [4.78, 5) is 25.8. The van der Waals surface area contributed by atoms with Crippen LogP contribution in [0.3, 0.4) is 0 Å². The molecule has 1 saturated heterocycles. The molecule has 0 bridgehead atoms. The number of likely N-dealkylation sites (tertiary alicyclic amines) is 1. The maximum atomic E-state index is 13.9. The molecule has 1 fully saturated rings. The van der Waals surface area contributed by atoms with Gasteiger partial charge < -0.3 is 19.9 Å². The molecule has 4 rings (SSSR count). The van der Waals surface area contributed by atoms with E-state index in [-0.39, 0.29) is 11.4 Å². The fraction of sp³-hybridized carbons (Fsp3) is 0.458. The van der Waals surface area contributed by atoms with Crippen LogP contribution in [0, 0.1) is 5.82 Å². The number of pyridine rings is 3. The standard InChI is InChI=1S/C24H30FN5O2/c1-3-20-19(25)12-16(14-27-20)13-26-17-6-9-30(10-7-17)11-8-18-22(32-2)15-28-21-4-5-23(31)29-24(18)21/h4-5,12,14-15,17,26H,3,6-11,13H2,1-2H3,(H,29,31). The van der Waals surface area contributed by atoms with E-state index >= 15 is 0 Å². The number of aromatic amines is 1. The molecule has 1 aliphatic heterocycles. The first kappa shape index (κ1) is 22.4. The average Bonchev–Trinajstić information content (AvgIpc) is 2.81. The Kier molecular flexibility index (Phi) is 7.12. The van der Waals surface area contributed by atoms with Crippen molar-refractivity contribution in [2.24, 2.45) is 0 Å². The zero-order valence-corrected chi connectivity index (χ0v) is 18.7. The summed E-state index contributed by atoms with van der Waals surface area (Å²) in [5.74, 6) is 0.480. The summed E-state index contributed by atoms with van der Waals surface area (Å²) in [6.07, 6.45) is 6.93. The van der Waals surface area contributed by atoms with Gasteiger partial charge in [-0.15, -0.1) is 0 Å². The number of halogens is 1. The molecule has 32 heavy (non-hydrogen) atoms. The Morgan fingerprint density at radius 1 is 1.25 bits per heavy atom. The molecular formula is C24H30FN5O2. The van der Waals surface area contributed by atoms with Gasteiger partial charge in [0.15, 0.2) is 0 Å². The predicted octanol–water partition coefficient (Wildman–Crippen LogP) is 2.82. The van der Waals surface area contributed by atoms with Crippen LogP contribution in [0.4, 0.5) is 4.39 Å². The highest BCUT2D eigenvalue weighted by Gasteiger charge is 2.20. The van der Waals surface area contributed by atoms with E-state index in [2.05, 4.69) is 25.2 Å². The molecule has 0 unspecified atom stereocenters. The number of nitrogens with zero attached hydrogens (tertiary/aromatic N) is 3. The molecule has 170 valence electrons. The van der Waals surface area contributed by atoms with E-state index in [1.807, 2.05) is 6.92 Å². The normalized spacial score (nSPS) is 15.3. The fourth-order valence-corrected chi connectivity index (χ4v) is 4.31. The third-order valence-electron chi connectivity index (χ3n) is 6.21. The zero-order valence-electron chi connectivity index (χ0n) is 18.7. The van der Waals surface area contributed by atoms with E-state index in [0.29, 0.717) is 30.5 Å². The van der Waals surface area contributed by atoms with Crippen molar-refractivity contribution in [3.8, 4) is 5.75 Å². The van der Waals surface area contributed by atoms with E-state index in [0.717, 1.165) is 61.1 Å².